The quantitative estimate of drug-likeness (QED) is 0.288. The first-order valence-electron chi connectivity index (χ1n) is 14.3. The number of hydrogen-bond acceptors (Lipinski definition) is 6. The van der Waals surface area contributed by atoms with Crippen molar-refractivity contribution in [2.24, 2.45) is 5.92 Å². The van der Waals surface area contributed by atoms with E-state index in [4.69, 9.17) is 9.47 Å². The van der Waals surface area contributed by atoms with Crippen molar-refractivity contribution in [3.8, 4) is 11.5 Å². The van der Waals surface area contributed by atoms with Crippen LogP contribution < -0.4 is 14.8 Å². The topological polar surface area (TPSA) is 84.0 Å². The molecule has 5 rings (SSSR count). The van der Waals surface area contributed by atoms with Gasteiger partial charge < -0.3 is 24.6 Å². The molecule has 41 heavy (non-hydrogen) atoms. The SMILES string of the molecule is CC(C)CCN1CCC(N(Cc2ccc(C(=O)NCc3ccc4c(c3)OCO4)cc2)C(=O)c2ccc(I)cn2)CC1. The van der Waals surface area contributed by atoms with Crippen molar-refractivity contribution in [1.82, 2.24) is 20.1 Å². The van der Waals surface area contributed by atoms with Gasteiger partial charge in [0.25, 0.3) is 11.8 Å². The molecule has 216 valence electrons. The maximum absolute atomic E-state index is 13.7. The first-order chi connectivity index (χ1) is 19.9. The number of hydrogen-bond donors (Lipinski definition) is 1. The molecule has 0 unspecified atom stereocenters. The van der Waals surface area contributed by atoms with Gasteiger partial charge in [0.1, 0.15) is 5.69 Å². The third-order valence-corrected chi connectivity index (χ3v) is 8.33. The number of benzene rings is 2. The molecule has 1 fully saturated rings. The Morgan fingerprint density at radius 1 is 1.02 bits per heavy atom. The number of fused-ring (bicyclic) bond motifs is 1. The molecule has 1 saturated heterocycles. The van der Waals surface area contributed by atoms with Crippen molar-refractivity contribution in [1.29, 1.82) is 0 Å². The van der Waals surface area contributed by atoms with Gasteiger partial charge in [0, 0.05) is 47.6 Å². The van der Waals surface area contributed by atoms with Gasteiger partial charge in [-0.3, -0.25) is 9.59 Å². The number of aromatic nitrogens is 1. The predicted octanol–water partition coefficient (Wildman–Crippen LogP) is 5.50. The Morgan fingerprint density at radius 2 is 1.76 bits per heavy atom. The molecule has 9 heteroatoms. The normalized spacial score (nSPS) is 15.2. The van der Waals surface area contributed by atoms with Gasteiger partial charge >= 0.3 is 0 Å². The molecule has 1 aromatic heterocycles. The van der Waals surface area contributed by atoms with Gasteiger partial charge in [-0.05, 0) is 102 Å². The second-order valence-electron chi connectivity index (χ2n) is 11.1. The summed E-state index contributed by atoms with van der Waals surface area (Å²) >= 11 is 2.20. The summed E-state index contributed by atoms with van der Waals surface area (Å²) in [5.74, 6) is 1.90. The smallest absolute Gasteiger partial charge is 0.272 e. The minimum absolute atomic E-state index is 0.0485. The highest BCUT2D eigenvalue weighted by molar-refractivity contribution is 14.1. The lowest BCUT2D eigenvalue weighted by molar-refractivity contribution is 0.0540. The highest BCUT2D eigenvalue weighted by Crippen LogP contribution is 2.32. The summed E-state index contributed by atoms with van der Waals surface area (Å²) in [6.07, 6.45) is 4.80. The van der Waals surface area contributed by atoms with Gasteiger partial charge in [-0.1, -0.05) is 32.0 Å². The van der Waals surface area contributed by atoms with Crippen LogP contribution in [0.4, 0.5) is 0 Å². The summed E-state index contributed by atoms with van der Waals surface area (Å²) in [4.78, 5) is 35.4. The largest absolute Gasteiger partial charge is 0.454 e. The molecule has 8 nitrogen and oxygen atoms in total. The van der Waals surface area contributed by atoms with Gasteiger partial charge in [-0.15, -0.1) is 0 Å². The Balaban J connectivity index is 1.23. The van der Waals surface area contributed by atoms with Crippen molar-refractivity contribution in [3.63, 3.8) is 0 Å². The van der Waals surface area contributed by atoms with E-state index in [1.807, 2.05) is 59.5 Å². The number of piperidine rings is 1. The van der Waals surface area contributed by atoms with E-state index in [0.29, 0.717) is 36.0 Å². The second-order valence-corrected chi connectivity index (χ2v) is 12.4. The molecule has 0 spiro atoms. The molecule has 2 amide bonds. The molecule has 0 atom stereocenters. The van der Waals surface area contributed by atoms with Gasteiger partial charge in [-0.25, -0.2) is 4.98 Å². The minimum Gasteiger partial charge on any atom is -0.454 e. The number of rotatable bonds is 10. The van der Waals surface area contributed by atoms with E-state index in [-0.39, 0.29) is 24.6 Å². The third-order valence-electron chi connectivity index (χ3n) is 7.69. The molecular formula is C32H37IN4O4. The predicted molar refractivity (Wildman–Crippen MR) is 166 cm³/mol. The number of nitrogens with one attached hydrogen (secondary N) is 1. The zero-order valence-electron chi connectivity index (χ0n) is 23.6. The van der Waals surface area contributed by atoms with E-state index < -0.39 is 0 Å². The number of ether oxygens (including phenoxy) is 2. The molecular weight excluding hydrogens is 631 g/mol. The minimum atomic E-state index is -0.154. The molecule has 2 aliphatic heterocycles. The first-order valence-corrected chi connectivity index (χ1v) is 15.3. The summed E-state index contributed by atoms with van der Waals surface area (Å²) in [6.45, 7) is 8.69. The molecule has 0 saturated carbocycles. The lowest BCUT2D eigenvalue weighted by Gasteiger charge is -2.38. The van der Waals surface area contributed by atoms with Crippen LogP contribution in [-0.2, 0) is 13.1 Å². The highest BCUT2D eigenvalue weighted by Gasteiger charge is 2.29. The first kappa shape index (κ1) is 29.3. The van der Waals surface area contributed by atoms with E-state index >= 15 is 0 Å². The molecule has 3 heterocycles. The zero-order valence-corrected chi connectivity index (χ0v) is 25.8. The van der Waals surface area contributed by atoms with Gasteiger partial charge in [-0.2, -0.15) is 0 Å². The maximum Gasteiger partial charge on any atom is 0.272 e. The fourth-order valence-corrected chi connectivity index (χ4v) is 5.52. The van der Waals surface area contributed by atoms with E-state index in [0.717, 1.165) is 52.9 Å². The number of nitrogens with zero attached hydrogens (tertiary/aromatic N) is 3. The fourth-order valence-electron chi connectivity index (χ4n) is 5.21. The monoisotopic (exact) mass is 668 g/mol. The fraction of sp³-hybridized carbons (Fsp3) is 0.406. The van der Waals surface area contributed by atoms with Gasteiger partial charge in [0.05, 0.1) is 0 Å². The number of amides is 2. The van der Waals surface area contributed by atoms with Crippen LogP contribution in [0.1, 0.15) is 65.1 Å². The van der Waals surface area contributed by atoms with Crippen molar-refractivity contribution in [3.05, 3.63) is 86.7 Å². The molecule has 1 N–H and O–H groups in total. The molecule has 0 bridgehead atoms. The average Bonchev–Trinajstić information content (AvgIpc) is 3.46. The van der Waals surface area contributed by atoms with Crippen LogP contribution in [0.5, 0.6) is 11.5 Å². The van der Waals surface area contributed by atoms with E-state index in [2.05, 4.69) is 51.6 Å². The molecule has 2 aromatic carbocycles. The molecule has 0 radical (unpaired) electrons. The summed E-state index contributed by atoms with van der Waals surface area (Å²) in [5.41, 5.74) is 2.96. The number of carbonyl (C=O) groups is 2. The lowest BCUT2D eigenvalue weighted by Crippen LogP contribution is -2.47. The van der Waals surface area contributed by atoms with Crippen LogP contribution in [0.3, 0.4) is 0 Å². The Morgan fingerprint density at radius 3 is 2.46 bits per heavy atom. The molecule has 0 aliphatic carbocycles. The maximum atomic E-state index is 13.7. The number of halogens is 1. The van der Waals surface area contributed by atoms with E-state index in [1.54, 1.807) is 6.20 Å². The Kier molecular flexibility index (Phi) is 9.76. The van der Waals surface area contributed by atoms with Crippen molar-refractivity contribution < 1.29 is 19.1 Å². The van der Waals surface area contributed by atoms with Crippen LogP contribution in [0, 0.1) is 9.49 Å². The summed E-state index contributed by atoms with van der Waals surface area (Å²) in [6, 6.07) is 17.1. The highest BCUT2D eigenvalue weighted by atomic mass is 127. The van der Waals surface area contributed by atoms with Crippen LogP contribution in [0.15, 0.2) is 60.8 Å². The number of carbonyl (C=O) groups excluding carboxylic acids is 2. The zero-order chi connectivity index (χ0) is 28.8. The Bertz CT molecular complexity index is 1340. The van der Waals surface area contributed by atoms with Crippen molar-refractivity contribution in [2.45, 2.75) is 52.2 Å². The molecule has 3 aromatic rings. The second kappa shape index (κ2) is 13.7. The van der Waals surface area contributed by atoms with E-state index in [1.165, 1.54) is 6.42 Å². The van der Waals surface area contributed by atoms with Crippen molar-refractivity contribution >= 4 is 34.4 Å². The van der Waals surface area contributed by atoms with Crippen LogP contribution in [0.25, 0.3) is 0 Å². The Labute approximate surface area is 255 Å². The standard InChI is InChI=1S/C32H37IN4O4/c1-22(2)11-14-36-15-12-27(13-16-36)37(32(39)28-9-8-26(33)19-34-28)20-23-3-6-25(7-4-23)31(38)35-18-24-5-10-29-30(17-24)41-21-40-29/h3-10,17,19,22,27H,11-16,18,20-21H2,1-2H3,(H,35,38). The van der Waals surface area contributed by atoms with Crippen LogP contribution in [-0.4, -0.2) is 59.1 Å². The lowest BCUT2D eigenvalue weighted by atomic mass is 10.00. The average molecular weight is 669 g/mol. The summed E-state index contributed by atoms with van der Waals surface area (Å²) in [7, 11) is 0. The Hall–Kier alpha value is -3.18. The summed E-state index contributed by atoms with van der Waals surface area (Å²) in [5, 5.41) is 2.97. The number of likely N-dealkylation sites (tertiary alicyclic amines) is 1. The third kappa shape index (κ3) is 7.77. The molecule has 2 aliphatic rings. The van der Waals surface area contributed by atoms with Crippen molar-refractivity contribution in [2.75, 3.05) is 26.4 Å². The van der Waals surface area contributed by atoms with E-state index in [9.17, 15) is 9.59 Å². The number of pyridine rings is 1. The van der Waals surface area contributed by atoms with Gasteiger partial charge in [0.15, 0.2) is 11.5 Å². The van der Waals surface area contributed by atoms with Crippen LogP contribution >= 0.6 is 22.6 Å². The summed E-state index contributed by atoms with van der Waals surface area (Å²) < 4.78 is 11.8. The van der Waals surface area contributed by atoms with Crippen LogP contribution in [0.2, 0.25) is 0 Å². The van der Waals surface area contributed by atoms with Gasteiger partial charge in [0.2, 0.25) is 6.79 Å².